The predicted molar refractivity (Wildman–Crippen MR) is 96.2 cm³/mol. The Morgan fingerprint density at radius 1 is 1.26 bits per heavy atom. The van der Waals surface area contributed by atoms with Crippen LogP contribution < -0.4 is 5.32 Å². The third kappa shape index (κ3) is 4.52. The van der Waals surface area contributed by atoms with Crippen LogP contribution in [0.15, 0.2) is 53.5 Å². The summed E-state index contributed by atoms with van der Waals surface area (Å²) in [6, 6.07) is 10.6. The van der Waals surface area contributed by atoms with Crippen molar-refractivity contribution in [1.82, 2.24) is 0 Å². The number of anilines is 1. The molecule has 2 aromatic carbocycles. The van der Waals surface area contributed by atoms with E-state index in [0.717, 1.165) is 16.7 Å². The van der Waals surface area contributed by atoms with Gasteiger partial charge < -0.3 is 5.32 Å². The van der Waals surface area contributed by atoms with Gasteiger partial charge in [-0.15, -0.1) is 6.58 Å². The Balaban J connectivity index is 2.27. The third-order valence-corrected chi connectivity index (χ3v) is 4.20. The molecule has 0 spiro atoms. The smallest absolute Gasteiger partial charge is 0.232 e. The van der Waals surface area contributed by atoms with E-state index in [1.165, 1.54) is 6.07 Å². The molecule has 120 valence electrons. The number of carbonyl (C=O) groups excluding carboxylic acids is 1. The van der Waals surface area contributed by atoms with E-state index >= 15 is 0 Å². The number of nitrogens with one attached hydrogen (secondary N) is 1. The summed E-state index contributed by atoms with van der Waals surface area (Å²) in [4.78, 5) is 12.6. The monoisotopic (exact) mass is 375 g/mol. The SMILES string of the molecule is C=CCC(C(=O)Nc1ccc(Br)c(F)c1)c1cc(C)cc(C)c1. The zero-order valence-electron chi connectivity index (χ0n) is 13.2. The highest BCUT2D eigenvalue weighted by molar-refractivity contribution is 9.10. The molecule has 0 fully saturated rings. The number of rotatable bonds is 5. The van der Waals surface area contributed by atoms with Crippen LogP contribution in [0.2, 0.25) is 0 Å². The number of allylic oxidation sites excluding steroid dienone is 1. The predicted octanol–water partition coefficient (Wildman–Crippen LogP) is 5.50. The minimum atomic E-state index is -0.408. The first kappa shape index (κ1) is 17.4. The fourth-order valence-electron chi connectivity index (χ4n) is 2.58. The van der Waals surface area contributed by atoms with Gasteiger partial charge in [0.2, 0.25) is 5.91 Å². The van der Waals surface area contributed by atoms with E-state index in [2.05, 4.69) is 33.9 Å². The van der Waals surface area contributed by atoms with E-state index in [1.54, 1.807) is 18.2 Å². The molecule has 0 aliphatic heterocycles. The fourth-order valence-corrected chi connectivity index (χ4v) is 2.82. The molecule has 0 aliphatic rings. The molecular weight excluding hydrogens is 357 g/mol. The van der Waals surface area contributed by atoms with Crippen molar-refractivity contribution in [3.63, 3.8) is 0 Å². The lowest BCUT2D eigenvalue weighted by atomic mass is 9.92. The zero-order chi connectivity index (χ0) is 17.0. The van der Waals surface area contributed by atoms with Crippen molar-refractivity contribution in [3.05, 3.63) is 76.0 Å². The average Bonchev–Trinajstić information content (AvgIpc) is 2.47. The van der Waals surface area contributed by atoms with Crippen molar-refractivity contribution in [2.24, 2.45) is 0 Å². The fraction of sp³-hybridized carbons (Fsp3) is 0.211. The number of hydrogen-bond donors (Lipinski definition) is 1. The molecule has 2 aromatic rings. The first-order chi connectivity index (χ1) is 10.9. The van der Waals surface area contributed by atoms with Crippen LogP contribution in [0.5, 0.6) is 0 Å². The van der Waals surface area contributed by atoms with Crippen LogP contribution in [-0.4, -0.2) is 5.91 Å². The summed E-state index contributed by atoms with van der Waals surface area (Å²) in [6.07, 6.45) is 2.25. The van der Waals surface area contributed by atoms with Gasteiger partial charge in [0.15, 0.2) is 0 Å². The molecule has 0 heterocycles. The van der Waals surface area contributed by atoms with Gasteiger partial charge in [0.1, 0.15) is 5.82 Å². The van der Waals surface area contributed by atoms with Crippen LogP contribution in [0.4, 0.5) is 10.1 Å². The zero-order valence-corrected chi connectivity index (χ0v) is 14.8. The van der Waals surface area contributed by atoms with E-state index in [1.807, 2.05) is 26.0 Å². The van der Waals surface area contributed by atoms with Crippen molar-refractivity contribution < 1.29 is 9.18 Å². The lowest BCUT2D eigenvalue weighted by Gasteiger charge is -2.17. The molecule has 0 radical (unpaired) electrons. The Hall–Kier alpha value is -1.94. The van der Waals surface area contributed by atoms with Crippen LogP contribution in [0.3, 0.4) is 0 Å². The highest BCUT2D eigenvalue weighted by Crippen LogP contribution is 2.26. The van der Waals surface area contributed by atoms with Gasteiger partial charge in [-0.1, -0.05) is 35.4 Å². The second kappa shape index (κ2) is 7.55. The molecular formula is C19H19BrFNO. The molecule has 2 rings (SSSR count). The standard InChI is InChI=1S/C19H19BrFNO/c1-4-5-16(14-9-12(2)8-13(3)10-14)19(23)22-15-6-7-17(20)18(21)11-15/h4,6-11,16H,1,5H2,2-3H3,(H,22,23). The van der Waals surface area contributed by atoms with Gasteiger partial charge in [-0.05, 0) is 60.0 Å². The highest BCUT2D eigenvalue weighted by Gasteiger charge is 2.20. The Bertz CT molecular complexity index is 722. The number of carbonyl (C=O) groups is 1. The second-order valence-electron chi connectivity index (χ2n) is 5.62. The molecule has 0 bridgehead atoms. The second-order valence-corrected chi connectivity index (χ2v) is 6.47. The lowest BCUT2D eigenvalue weighted by Crippen LogP contribution is -2.21. The topological polar surface area (TPSA) is 29.1 Å². The van der Waals surface area contributed by atoms with Crippen LogP contribution >= 0.6 is 15.9 Å². The number of amides is 1. The van der Waals surface area contributed by atoms with E-state index in [-0.39, 0.29) is 11.8 Å². The Morgan fingerprint density at radius 3 is 2.48 bits per heavy atom. The third-order valence-electron chi connectivity index (χ3n) is 3.55. The van der Waals surface area contributed by atoms with Gasteiger partial charge in [0, 0.05) is 5.69 Å². The first-order valence-corrected chi connectivity index (χ1v) is 8.15. The minimum absolute atomic E-state index is 0.170. The first-order valence-electron chi connectivity index (χ1n) is 7.35. The molecule has 1 N–H and O–H groups in total. The van der Waals surface area contributed by atoms with Crippen LogP contribution in [-0.2, 0) is 4.79 Å². The van der Waals surface area contributed by atoms with E-state index < -0.39 is 5.82 Å². The van der Waals surface area contributed by atoms with Gasteiger partial charge in [0.25, 0.3) is 0 Å². The summed E-state index contributed by atoms with van der Waals surface area (Å²) < 4.78 is 14.0. The molecule has 1 amide bonds. The number of hydrogen-bond acceptors (Lipinski definition) is 1. The van der Waals surface area contributed by atoms with Crippen LogP contribution in [0.25, 0.3) is 0 Å². The number of aryl methyl sites for hydroxylation is 2. The number of halogens is 2. The van der Waals surface area contributed by atoms with Gasteiger partial charge in [0.05, 0.1) is 10.4 Å². The van der Waals surface area contributed by atoms with Crippen molar-refractivity contribution in [1.29, 1.82) is 0 Å². The molecule has 2 nitrogen and oxygen atoms in total. The molecule has 0 saturated carbocycles. The summed E-state index contributed by atoms with van der Waals surface area (Å²) in [7, 11) is 0. The van der Waals surface area contributed by atoms with E-state index in [9.17, 15) is 9.18 Å². The largest absolute Gasteiger partial charge is 0.325 e. The van der Waals surface area contributed by atoms with Gasteiger partial charge in [-0.3, -0.25) is 4.79 Å². The average molecular weight is 376 g/mol. The maximum atomic E-state index is 13.6. The Morgan fingerprint density at radius 2 is 1.91 bits per heavy atom. The summed E-state index contributed by atoms with van der Waals surface area (Å²) >= 11 is 3.10. The Labute approximate surface area is 144 Å². The number of benzene rings is 2. The summed E-state index contributed by atoms with van der Waals surface area (Å²) in [6.45, 7) is 7.75. The van der Waals surface area contributed by atoms with Crippen molar-refractivity contribution in [2.45, 2.75) is 26.2 Å². The quantitative estimate of drug-likeness (QED) is 0.686. The molecule has 4 heteroatoms. The van der Waals surface area contributed by atoms with Gasteiger partial charge in [-0.25, -0.2) is 4.39 Å². The van der Waals surface area contributed by atoms with E-state index in [0.29, 0.717) is 16.6 Å². The molecule has 1 atom stereocenters. The highest BCUT2D eigenvalue weighted by atomic mass is 79.9. The summed E-state index contributed by atoms with van der Waals surface area (Å²) in [5, 5.41) is 2.78. The minimum Gasteiger partial charge on any atom is -0.325 e. The van der Waals surface area contributed by atoms with Gasteiger partial charge >= 0.3 is 0 Å². The maximum absolute atomic E-state index is 13.6. The molecule has 23 heavy (non-hydrogen) atoms. The molecule has 0 saturated heterocycles. The van der Waals surface area contributed by atoms with E-state index in [4.69, 9.17) is 0 Å². The van der Waals surface area contributed by atoms with Crippen molar-refractivity contribution >= 4 is 27.5 Å². The van der Waals surface area contributed by atoms with Crippen molar-refractivity contribution in [3.8, 4) is 0 Å². The van der Waals surface area contributed by atoms with Gasteiger partial charge in [-0.2, -0.15) is 0 Å². The maximum Gasteiger partial charge on any atom is 0.232 e. The molecule has 1 unspecified atom stereocenters. The van der Waals surface area contributed by atoms with Crippen LogP contribution in [0, 0.1) is 19.7 Å². The molecule has 0 aliphatic carbocycles. The normalized spacial score (nSPS) is 11.8. The lowest BCUT2D eigenvalue weighted by molar-refractivity contribution is -0.117. The Kier molecular flexibility index (Phi) is 5.72. The van der Waals surface area contributed by atoms with Crippen molar-refractivity contribution in [2.75, 3.05) is 5.32 Å². The molecule has 0 aromatic heterocycles. The summed E-state index contributed by atoms with van der Waals surface area (Å²) in [5.74, 6) is -0.927. The summed E-state index contributed by atoms with van der Waals surface area (Å²) in [5.41, 5.74) is 3.60. The van der Waals surface area contributed by atoms with Crippen LogP contribution in [0.1, 0.15) is 29.0 Å².